The van der Waals surface area contributed by atoms with Crippen molar-refractivity contribution in [1.82, 2.24) is 0 Å². The standard InChI is InChI=1S/C9H9N5O/c10-6-3-5(15)1-2-7(6)13-8-4-12-14-9(8)11/h1-3,11,15H,4,10H2. The van der Waals surface area contributed by atoms with Crippen molar-refractivity contribution >= 4 is 22.9 Å². The molecule has 4 N–H and O–H groups in total. The van der Waals surface area contributed by atoms with Gasteiger partial charge in [0.25, 0.3) is 0 Å². The zero-order valence-corrected chi connectivity index (χ0v) is 7.81. The molecule has 0 fully saturated rings. The lowest BCUT2D eigenvalue weighted by atomic mass is 10.2. The lowest BCUT2D eigenvalue weighted by Crippen LogP contribution is -2.07. The number of rotatable bonds is 1. The van der Waals surface area contributed by atoms with Crippen molar-refractivity contribution in [3.63, 3.8) is 0 Å². The highest BCUT2D eigenvalue weighted by Gasteiger charge is 2.12. The number of hydrogen-bond acceptors (Lipinski definition) is 5. The Morgan fingerprint density at radius 3 is 2.87 bits per heavy atom. The van der Waals surface area contributed by atoms with E-state index in [2.05, 4.69) is 15.2 Å². The lowest BCUT2D eigenvalue weighted by molar-refractivity contribution is 0.475. The number of hydrogen-bond donors (Lipinski definition) is 3. The predicted molar refractivity (Wildman–Crippen MR) is 57.1 cm³/mol. The largest absolute Gasteiger partial charge is 0.508 e. The summed E-state index contributed by atoms with van der Waals surface area (Å²) in [6.45, 7) is 0.305. The Morgan fingerprint density at radius 2 is 2.27 bits per heavy atom. The minimum Gasteiger partial charge on any atom is -0.508 e. The molecule has 1 heterocycles. The summed E-state index contributed by atoms with van der Waals surface area (Å²) in [7, 11) is 0. The van der Waals surface area contributed by atoms with Gasteiger partial charge in [0.05, 0.1) is 11.4 Å². The Kier molecular flexibility index (Phi) is 2.17. The molecular weight excluding hydrogens is 194 g/mol. The Balaban J connectivity index is 2.35. The highest BCUT2D eigenvalue weighted by molar-refractivity contribution is 6.43. The van der Waals surface area contributed by atoms with Crippen molar-refractivity contribution in [2.45, 2.75) is 0 Å². The topological polar surface area (TPSA) is 107 Å². The Labute approximate surface area is 85.7 Å². The third-order valence-corrected chi connectivity index (χ3v) is 1.93. The average molecular weight is 203 g/mol. The van der Waals surface area contributed by atoms with Gasteiger partial charge in [-0.15, -0.1) is 5.11 Å². The first-order chi connectivity index (χ1) is 7.16. The number of amidine groups is 1. The van der Waals surface area contributed by atoms with E-state index < -0.39 is 0 Å². The molecule has 1 aromatic rings. The van der Waals surface area contributed by atoms with Gasteiger partial charge >= 0.3 is 0 Å². The molecule has 0 amide bonds. The first-order valence-corrected chi connectivity index (χ1v) is 4.29. The predicted octanol–water partition coefficient (Wildman–Crippen LogP) is 1.49. The molecule has 6 nitrogen and oxygen atoms in total. The van der Waals surface area contributed by atoms with Gasteiger partial charge in [0, 0.05) is 6.07 Å². The van der Waals surface area contributed by atoms with Crippen LogP contribution < -0.4 is 5.73 Å². The number of nitrogen functional groups attached to an aromatic ring is 1. The summed E-state index contributed by atoms with van der Waals surface area (Å²) in [5.41, 5.74) is 7.00. The second-order valence-electron chi connectivity index (χ2n) is 3.05. The normalized spacial score (nSPS) is 17.6. The molecule has 0 unspecified atom stereocenters. The number of benzene rings is 1. The maximum atomic E-state index is 9.14. The molecule has 0 radical (unpaired) electrons. The number of phenolic OH excluding ortho intramolecular Hbond substituents is 1. The highest BCUT2D eigenvalue weighted by atomic mass is 16.3. The van der Waals surface area contributed by atoms with Crippen LogP contribution in [0.2, 0.25) is 0 Å². The number of phenols is 1. The van der Waals surface area contributed by atoms with Gasteiger partial charge in [-0.1, -0.05) is 0 Å². The molecule has 0 atom stereocenters. The van der Waals surface area contributed by atoms with Gasteiger partial charge in [-0.2, -0.15) is 5.11 Å². The van der Waals surface area contributed by atoms with Gasteiger partial charge in [0.1, 0.15) is 18.0 Å². The Bertz CT molecular complexity index is 477. The van der Waals surface area contributed by atoms with E-state index in [0.717, 1.165) is 0 Å². The van der Waals surface area contributed by atoms with E-state index in [4.69, 9.17) is 16.2 Å². The fourth-order valence-corrected chi connectivity index (χ4v) is 1.18. The fraction of sp³-hybridized carbons (Fsp3) is 0.111. The zero-order valence-electron chi connectivity index (χ0n) is 7.81. The number of anilines is 1. The van der Waals surface area contributed by atoms with E-state index in [1.165, 1.54) is 12.1 Å². The zero-order chi connectivity index (χ0) is 10.8. The van der Waals surface area contributed by atoms with Gasteiger partial charge < -0.3 is 10.8 Å². The monoisotopic (exact) mass is 203 g/mol. The summed E-state index contributed by atoms with van der Waals surface area (Å²) in [4.78, 5) is 4.15. The average Bonchev–Trinajstić information content (AvgIpc) is 2.57. The smallest absolute Gasteiger partial charge is 0.190 e. The number of nitrogens with two attached hydrogens (primary N) is 1. The van der Waals surface area contributed by atoms with Crippen LogP contribution in [-0.4, -0.2) is 23.2 Å². The fourth-order valence-electron chi connectivity index (χ4n) is 1.18. The molecule has 0 aliphatic carbocycles. The molecule has 1 aliphatic heterocycles. The number of nitrogens with zero attached hydrogens (tertiary/aromatic N) is 3. The third kappa shape index (κ3) is 1.83. The highest BCUT2D eigenvalue weighted by Crippen LogP contribution is 2.26. The molecule has 15 heavy (non-hydrogen) atoms. The van der Waals surface area contributed by atoms with Crippen molar-refractivity contribution < 1.29 is 5.11 Å². The van der Waals surface area contributed by atoms with Gasteiger partial charge in [-0.05, 0) is 12.1 Å². The van der Waals surface area contributed by atoms with E-state index >= 15 is 0 Å². The lowest BCUT2D eigenvalue weighted by Gasteiger charge is -2.01. The number of azo groups is 1. The third-order valence-electron chi connectivity index (χ3n) is 1.93. The van der Waals surface area contributed by atoms with Crippen molar-refractivity contribution in [2.75, 3.05) is 12.3 Å². The summed E-state index contributed by atoms with van der Waals surface area (Å²) in [6, 6.07) is 4.48. The van der Waals surface area contributed by atoms with Gasteiger partial charge in [0.15, 0.2) is 5.84 Å². The van der Waals surface area contributed by atoms with Crippen molar-refractivity contribution in [3.8, 4) is 5.75 Å². The molecule has 1 aliphatic rings. The summed E-state index contributed by atoms with van der Waals surface area (Å²) < 4.78 is 0. The van der Waals surface area contributed by atoms with Crippen LogP contribution in [0.25, 0.3) is 0 Å². The first kappa shape index (κ1) is 9.32. The second-order valence-corrected chi connectivity index (χ2v) is 3.05. The van der Waals surface area contributed by atoms with Crippen molar-refractivity contribution in [1.29, 1.82) is 5.41 Å². The van der Waals surface area contributed by atoms with Crippen molar-refractivity contribution in [2.24, 2.45) is 15.2 Å². The van der Waals surface area contributed by atoms with Crippen LogP contribution in [0.5, 0.6) is 5.75 Å². The molecule has 0 saturated carbocycles. The quantitative estimate of drug-likeness (QED) is 0.601. The number of aliphatic imine (C=N–C) groups is 1. The van der Waals surface area contributed by atoms with Gasteiger partial charge in [-0.3, -0.25) is 5.41 Å². The minimum absolute atomic E-state index is 0.0578. The molecule has 76 valence electrons. The maximum Gasteiger partial charge on any atom is 0.190 e. The van der Waals surface area contributed by atoms with E-state index in [1.54, 1.807) is 6.07 Å². The molecule has 0 bridgehead atoms. The maximum absolute atomic E-state index is 9.14. The van der Waals surface area contributed by atoms with E-state index in [1.807, 2.05) is 0 Å². The SMILES string of the molecule is N=C1N=NCC1=Nc1ccc(O)cc1N. The van der Waals surface area contributed by atoms with Gasteiger partial charge in [0.2, 0.25) is 0 Å². The van der Waals surface area contributed by atoms with Crippen LogP contribution in [0.3, 0.4) is 0 Å². The second kappa shape index (κ2) is 3.49. The molecule has 2 rings (SSSR count). The first-order valence-electron chi connectivity index (χ1n) is 4.29. The van der Waals surface area contributed by atoms with Crippen LogP contribution in [0.15, 0.2) is 33.4 Å². The van der Waals surface area contributed by atoms with Crippen LogP contribution >= 0.6 is 0 Å². The number of aromatic hydroxyl groups is 1. The van der Waals surface area contributed by atoms with E-state index in [-0.39, 0.29) is 11.6 Å². The molecule has 0 aromatic heterocycles. The molecular formula is C9H9N5O. The Morgan fingerprint density at radius 1 is 1.47 bits per heavy atom. The van der Waals surface area contributed by atoms with E-state index in [0.29, 0.717) is 23.6 Å². The Hall–Kier alpha value is -2.24. The summed E-state index contributed by atoms with van der Waals surface area (Å²) in [5.74, 6) is 0.148. The molecule has 0 spiro atoms. The van der Waals surface area contributed by atoms with Crippen molar-refractivity contribution in [3.05, 3.63) is 18.2 Å². The summed E-state index contributed by atoms with van der Waals surface area (Å²) in [5, 5.41) is 23.7. The molecule has 1 aromatic carbocycles. The minimum atomic E-state index is 0.0578. The summed E-state index contributed by atoms with van der Waals surface area (Å²) >= 11 is 0. The molecule has 6 heteroatoms. The van der Waals surface area contributed by atoms with Crippen LogP contribution in [-0.2, 0) is 0 Å². The van der Waals surface area contributed by atoms with Crippen LogP contribution in [0.1, 0.15) is 0 Å². The molecule has 0 saturated heterocycles. The van der Waals surface area contributed by atoms with Gasteiger partial charge in [-0.25, -0.2) is 4.99 Å². The number of nitrogens with one attached hydrogen (secondary N) is 1. The summed E-state index contributed by atoms with van der Waals surface area (Å²) in [6.07, 6.45) is 0. The van der Waals surface area contributed by atoms with Crippen LogP contribution in [0.4, 0.5) is 11.4 Å². The van der Waals surface area contributed by atoms with Crippen LogP contribution in [0, 0.1) is 5.41 Å². The van der Waals surface area contributed by atoms with E-state index in [9.17, 15) is 0 Å².